The van der Waals surface area contributed by atoms with Gasteiger partial charge in [0.2, 0.25) is 5.91 Å². The number of rotatable bonds is 4. The zero-order valence-corrected chi connectivity index (χ0v) is 16.0. The van der Waals surface area contributed by atoms with Crippen molar-refractivity contribution >= 4 is 16.8 Å². The van der Waals surface area contributed by atoms with Crippen molar-refractivity contribution in [2.45, 2.75) is 57.1 Å². The van der Waals surface area contributed by atoms with Crippen LogP contribution in [0.4, 0.5) is 0 Å². The van der Waals surface area contributed by atoms with Crippen molar-refractivity contribution < 1.29 is 9.90 Å². The molecule has 2 heterocycles. The van der Waals surface area contributed by atoms with Gasteiger partial charge in [0.05, 0.1) is 16.5 Å². The van der Waals surface area contributed by atoms with E-state index in [4.69, 9.17) is 0 Å². The fourth-order valence-electron chi connectivity index (χ4n) is 4.75. The van der Waals surface area contributed by atoms with Gasteiger partial charge in [-0.1, -0.05) is 25.0 Å². The lowest BCUT2D eigenvalue weighted by Crippen LogP contribution is -2.54. The summed E-state index contributed by atoms with van der Waals surface area (Å²) in [6.45, 7) is 1.42. The molecule has 2 N–H and O–H groups in total. The summed E-state index contributed by atoms with van der Waals surface area (Å²) in [6, 6.07) is 6.93. The number of aliphatic hydroxyl groups is 1. The molecule has 1 amide bonds. The van der Waals surface area contributed by atoms with E-state index in [2.05, 4.69) is 4.98 Å². The maximum absolute atomic E-state index is 12.6. The van der Waals surface area contributed by atoms with Crippen LogP contribution in [0.15, 0.2) is 33.9 Å². The Kier molecular flexibility index (Phi) is 5.10. The molecule has 2 fully saturated rings. The van der Waals surface area contributed by atoms with E-state index >= 15 is 0 Å². The SMILES string of the molecule is O=C(CCCn1c(=O)[nH]c2ccccc2c1=O)N1CCC2(O)CCCCC2C1. The van der Waals surface area contributed by atoms with E-state index in [1.165, 1.54) is 4.57 Å². The number of para-hydroxylation sites is 1. The van der Waals surface area contributed by atoms with Crippen LogP contribution >= 0.6 is 0 Å². The monoisotopic (exact) mass is 385 g/mol. The maximum atomic E-state index is 12.6. The standard InChI is InChI=1S/C21H27N3O4/c25-18(23-13-11-21(28)10-4-3-6-15(21)14-23)9-5-12-24-19(26)16-7-1-2-8-17(16)22-20(24)27/h1-2,7-8,15,28H,3-6,9-14H2,(H,22,27). The molecule has 0 bridgehead atoms. The number of benzene rings is 1. The molecule has 1 aromatic heterocycles. The van der Waals surface area contributed by atoms with Crippen LogP contribution in [-0.4, -0.2) is 44.2 Å². The molecule has 1 aromatic carbocycles. The van der Waals surface area contributed by atoms with E-state index in [0.717, 1.165) is 25.7 Å². The lowest BCUT2D eigenvalue weighted by molar-refractivity contribution is -0.143. The van der Waals surface area contributed by atoms with E-state index in [0.29, 0.717) is 43.3 Å². The number of nitrogens with zero attached hydrogens (tertiary/aromatic N) is 2. The summed E-state index contributed by atoms with van der Waals surface area (Å²) in [5.74, 6) is 0.211. The number of H-pyrrole nitrogens is 1. The zero-order chi connectivity index (χ0) is 19.7. The molecular formula is C21H27N3O4. The van der Waals surface area contributed by atoms with E-state index < -0.39 is 11.3 Å². The summed E-state index contributed by atoms with van der Waals surface area (Å²) < 4.78 is 1.17. The first-order chi connectivity index (χ1) is 13.5. The predicted molar refractivity (Wildman–Crippen MR) is 106 cm³/mol. The minimum absolute atomic E-state index is 0.0397. The Morgan fingerprint density at radius 3 is 2.89 bits per heavy atom. The van der Waals surface area contributed by atoms with Gasteiger partial charge in [-0.2, -0.15) is 0 Å². The van der Waals surface area contributed by atoms with E-state index in [1.807, 2.05) is 4.90 Å². The van der Waals surface area contributed by atoms with Crippen LogP contribution in [-0.2, 0) is 11.3 Å². The third kappa shape index (κ3) is 3.51. The molecule has 7 nitrogen and oxygen atoms in total. The molecule has 0 radical (unpaired) electrons. The lowest BCUT2D eigenvalue weighted by Gasteiger charge is -2.47. The number of hydrogen-bond acceptors (Lipinski definition) is 4. The number of aromatic nitrogens is 2. The van der Waals surface area contributed by atoms with Crippen LogP contribution < -0.4 is 11.2 Å². The molecule has 1 aliphatic heterocycles. The molecule has 0 spiro atoms. The van der Waals surface area contributed by atoms with E-state index in [1.54, 1.807) is 24.3 Å². The minimum atomic E-state index is -0.596. The molecule has 2 aliphatic rings. The van der Waals surface area contributed by atoms with Crippen molar-refractivity contribution in [2.24, 2.45) is 5.92 Å². The topological polar surface area (TPSA) is 95.4 Å². The Bertz CT molecular complexity index is 995. The number of carbonyl (C=O) groups is 1. The van der Waals surface area contributed by atoms with Gasteiger partial charge in [-0.05, 0) is 37.8 Å². The fourth-order valence-corrected chi connectivity index (χ4v) is 4.75. The molecule has 4 rings (SSSR count). The van der Waals surface area contributed by atoms with Crippen molar-refractivity contribution in [3.63, 3.8) is 0 Å². The van der Waals surface area contributed by atoms with Gasteiger partial charge < -0.3 is 15.0 Å². The van der Waals surface area contributed by atoms with Crippen LogP contribution in [0.5, 0.6) is 0 Å². The molecule has 1 saturated heterocycles. The molecule has 2 unspecified atom stereocenters. The summed E-state index contributed by atoms with van der Waals surface area (Å²) >= 11 is 0. The number of hydrogen-bond donors (Lipinski definition) is 2. The molecule has 7 heteroatoms. The Hall–Kier alpha value is -2.41. The molecule has 28 heavy (non-hydrogen) atoms. The maximum Gasteiger partial charge on any atom is 0.328 e. The first kappa shape index (κ1) is 18.9. The Morgan fingerprint density at radius 1 is 1.21 bits per heavy atom. The second-order valence-corrected chi connectivity index (χ2v) is 8.17. The molecule has 1 aliphatic carbocycles. The number of carbonyl (C=O) groups excluding carboxylic acids is 1. The molecule has 2 atom stereocenters. The number of fused-ring (bicyclic) bond motifs is 2. The second-order valence-electron chi connectivity index (χ2n) is 8.17. The van der Waals surface area contributed by atoms with Gasteiger partial charge in [0.1, 0.15) is 0 Å². The van der Waals surface area contributed by atoms with Crippen LogP contribution in [0.2, 0.25) is 0 Å². The third-order valence-corrected chi connectivity index (χ3v) is 6.44. The average molecular weight is 385 g/mol. The minimum Gasteiger partial charge on any atom is -0.389 e. The predicted octanol–water partition coefficient (Wildman–Crippen LogP) is 1.62. The summed E-state index contributed by atoms with van der Waals surface area (Å²) in [6.07, 6.45) is 5.37. The molecule has 150 valence electrons. The largest absolute Gasteiger partial charge is 0.389 e. The quantitative estimate of drug-likeness (QED) is 0.836. The lowest BCUT2D eigenvalue weighted by atomic mass is 9.71. The Morgan fingerprint density at radius 2 is 2.04 bits per heavy atom. The van der Waals surface area contributed by atoms with Crippen LogP contribution in [0, 0.1) is 5.92 Å². The first-order valence-electron chi connectivity index (χ1n) is 10.2. The third-order valence-electron chi connectivity index (χ3n) is 6.44. The number of likely N-dealkylation sites (tertiary alicyclic amines) is 1. The van der Waals surface area contributed by atoms with Gasteiger partial charge in [-0.25, -0.2) is 4.79 Å². The van der Waals surface area contributed by atoms with Crippen molar-refractivity contribution in [3.05, 3.63) is 45.1 Å². The van der Waals surface area contributed by atoms with Gasteiger partial charge in [-0.3, -0.25) is 14.2 Å². The second kappa shape index (κ2) is 7.54. The van der Waals surface area contributed by atoms with E-state index in [-0.39, 0.29) is 23.9 Å². The highest BCUT2D eigenvalue weighted by Crippen LogP contribution is 2.39. The van der Waals surface area contributed by atoms with Crippen molar-refractivity contribution in [1.29, 1.82) is 0 Å². The van der Waals surface area contributed by atoms with Gasteiger partial charge in [0, 0.05) is 32.0 Å². The highest BCUT2D eigenvalue weighted by molar-refractivity contribution is 5.77. The number of nitrogens with one attached hydrogen (secondary N) is 1. The highest BCUT2D eigenvalue weighted by Gasteiger charge is 2.43. The van der Waals surface area contributed by atoms with Crippen LogP contribution in [0.3, 0.4) is 0 Å². The highest BCUT2D eigenvalue weighted by atomic mass is 16.3. The van der Waals surface area contributed by atoms with Crippen molar-refractivity contribution in [2.75, 3.05) is 13.1 Å². The molecule has 2 aromatic rings. The summed E-state index contributed by atoms with van der Waals surface area (Å²) in [7, 11) is 0. The van der Waals surface area contributed by atoms with Crippen LogP contribution in [0.1, 0.15) is 44.9 Å². The van der Waals surface area contributed by atoms with Gasteiger partial charge in [-0.15, -0.1) is 0 Å². The number of aromatic amines is 1. The normalized spacial score (nSPS) is 24.9. The average Bonchev–Trinajstić information content (AvgIpc) is 2.69. The van der Waals surface area contributed by atoms with Crippen LogP contribution in [0.25, 0.3) is 10.9 Å². The van der Waals surface area contributed by atoms with Crippen molar-refractivity contribution in [1.82, 2.24) is 14.5 Å². The first-order valence-corrected chi connectivity index (χ1v) is 10.2. The van der Waals surface area contributed by atoms with Gasteiger partial charge >= 0.3 is 5.69 Å². The van der Waals surface area contributed by atoms with Crippen molar-refractivity contribution in [3.8, 4) is 0 Å². The summed E-state index contributed by atoms with van der Waals surface area (Å²) in [5.41, 5.74) is -0.836. The summed E-state index contributed by atoms with van der Waals surface area (Å²) in [5, 5.41) is 11.2. The number of amides is 1. The Labute approximate surface area is 163 Å². The van der Waals surface area contributed by atoms with Gasteiger partial charge in [0.25, 0.3) is 5.56 Å². The smallest absolute Gasteiger partial charge is 0.328 e. The Balaban J connectivity index is 1.38. The molecular weight excluding hydrogens is 358 g/mol. The van der Waals surface area contributed by atoms with E-state index in [9.17, 15) is 19.5 Å². The number of piperidine rings is 1. The zero-order valence-electron chi connectivity index (χ0n) is 16.0. The summed E-state index contributed by atoms with van der Waals surface area (Å²) in [4.78, 5) is 41.9. The fraction of sp³-hybridized carbons (Fsp3) is 0.571. The molecule has 1 saturated carbocycles. The van der Waals surface area contributed by atoms with Gasteiger partial charge in [0.15, 0.2) is 0 Å².